The molecule has 0 aromatic rings. The van der Waals surface area contributed by atoms with Gasteiger partial charge in [-0.05, 0) is 24.1 Å². The van der Waals surface area contributed by atoms with E-state index in [-0.39, 0.29) is 16.4 Å². The Kier molecular flexibility index (Phi) is 2.87. The molecular formula is C10H8INO3S. The molecular weight excluding hydrogens is 341 g/mol. The molecule has 1 unspecified atom stereocenters. The normalized spacial score (nSPS) is 24.9. The van der Waals surface area contributed by atoms with Crippen LogP contribution in [-0.4, -0.2) is 19.9 Å². The Bertz CT molecular complexity index is 569. The van der Waals surface area contributed by atoms with E-state index in [0.29, 0.717) is 12.0 Å². The van der Waals surface area contributed by atoms with Gasteiger partial charge in [-0.25, -0.2) is 8.42 Å². The van der Waals surface area contributed by atoms with Gasteiger partial charge in [0.25, 0.3) is 0 Å². The standard InChI is InChI=1S/C10H8INO3S/c11-16(14,15)9-3-1-2-7-6(9)4-5-8(12)10(7)13/h1,3-5,7,12H,2H2. The third kappa shape index (κ3) is 1.91. The van der Waals surface area contributed by atoms with Crippen molar-refractivity contribution in [2.45, 2.75) is 6.42 Å². The number of Topliss-reactive ketones (excluding diaryl/α,β-unsaturated/α-hetero) is 1. The van der Waals surface area contributed by atoms with E-state index in [1.54, 1.807) is 12.2 Å². The Labute approximate surface area is 105 Å². The second kappa shape index (κ2) is 3.92. The highest BCUT2D eigenvalue weighted by Gasteiger charge is 2.32. The van der Waals surface area contributed by atoms with Crippen LogP contribution >= 0.6 is 21.2 Å². The number of hydrogen-bond donors (Lipinski definition) is 1. The van der Waals surface area contributed by atoms with Crippen molar-refractivity contribution in [3.05, 3.63) is 34.8 Å². The predicted molar refractivity (Wildman–Crippen MR) is 69.1 cm³/mol. The van der Waals surface area contributed by atoms with Gasteiger partial charge in [0.2, 0.25) is 7.01 Å². The summed E-state index contributed by atoms with van der Waals surface area (Å²) in [6, 6.07) is 0. The summed E-state index contributed by atoms with van der Waals surface area (Å²) in [7, 11) is -3.35. The van der Waals surface area contributed by atoms with E-state index in [4.69, 9.17) is 5.41 Å². The van der Waals surface area contributed by atoms with E-state index in [0.717, 1.165) is 0 Å². The van der Waals surface area contributed by atoms with Gasteiger partial charge in [0.1, 0.15) is 0 Å². The molecule has 4 nitrogen and oxygen atoms in total. The number of rotatable bonds is 1. The largest absolute Gasteiger partial charge is 0.297 e. The Balaban J connectivity index is 2.65. The van der Waals surface area contributed by atoms with Crippen LogP contribution in [0.2, 0.25) is 0 Å². The molecule has 0 aromatic heterocycles. The lowest BCUT2D eigenvalue weighted by atomic mass is 9.82. The van der Waals surface area contributed by atoms with Crippen LogP contribution in [0.1, 0.15) is 6.42 Å². The summed E-state index contributed by atoms with van der Waals surface area (Å²) < 4.78 is 23.0. The SMILES string of the molecule is N=C1C=CC2=C(S(=O)(=O)I)C=CCC2C1=O. The average molecular weight is 349 g/mol. The third-order valence-electron chi connectivity index (χ3n) is 2.58. The molecule has 0 bridgehead atoms. The molecule has 0 amide bonds. The average Bonchev–Trinajstić information content (AvgIpc) is 2.21. The maximum Gasteiger partial charge on any atom is 0.231 e. The minimum Gasteiger partial charge on any atom is -0.297 e. The summed E-state index contributed by atoms with van der Waals surface area (Å²) in [6.45, 7) is 0. The van der Waals surface area contributed by atoms with E-state index in [1.165, 1.54) is 33.4 Å². The van der Waals surface area contributed by atoms with Crippen molar-refractivity contribution in [2.75, 3.05) is 0 Å². The number of halogens is 1. The highest BCUT2D eigenvalue weighted by molar-refractivity contribution is 14.2. The number of hydrogen-bond acceptors (Lipinski definition) is 4. The van der Waals surface area contributed by atoms with Crippen molar-refractivity contribution in [1.82, 2.24) is 0 Å². The second-order valence-electron chi connectivity index (χ2n) is 3.56. The van der Waals surface area contributed by atoms with Crippen molar-refractivity contribution < 1.29 is 13.2 Å². The van der Waals surface area contributed by atoms with Gasteiger partial charge in [-0.1, -0.05) is 12.2 Å². The van der Waals surface area contributed by atoms with E-state index in [1.807, 2.05) is 0 Å². The van der Waals surface area contributed by atoms with Gasteiger partial charge < -0.3 is 0 Å². The van der Waals surface area contributed by atoms with Crippen LogP contribution in [-0.2, 0) is 11.8 Å². The molecule has 2 aliphatic carbocycles. The van der Waals surface area contributed by atoms with Crippen LogP contribution < -0.4 is 0 Å². The number of nitrogens with one attached hydrogen (secondary N) is 1. The maximum atomic E-state index is 11.7. The van der Waals surface area contributed by atoms with E-state index in [9.17, 15) is 13.2 Å². The quantitative estimate of drug-likeness (QED) is 0.579. The van der Waals surface area contributed by atoms with E-state index >= 15 is 0 Å². The Morgan fingerprint density at radius 3 is 2.62 bits per heavy atom. The summed E-state index contributed by atoms with van der Waals surface area (Å²) in [6.07, 6.45) is 6.58. The van der Waals surface area contributed by atoms with Crippen molar-refractivity contribution in [3.63, 3.8) is 0 Å². The monoisotopic (exact) mass is 349 g/mol. The fourth-order valence-corrected chi connectivity index (χ4v) is 3.77. The number of carbonyl (C=O) groups excluding carboxylic acids is 1. The number of ketones is 1. The molecule has 1 atom stereocenters. The zero-order valence-electron chi connectivity index (χ0n) is 8.10. The topological polar surface area (TPSA) is 75.1 Å². The molecule has 0 fully saturated rings. The smallest absolute Gasteiger partial charge is 0.231 e. The molecule has 0 saturated heterocycles. The number of allylic oxidation sites excluding steroid dienone is 5. The molecule has 0 heterocycles. The van der Waals surface area contributed by atoms with Crippen LogP contribution in [0.5, 0.6) is 0 Å². The van der Waals surface area contributed by atoms with Gasteiger partial charge in [0.15, 0.2) is 5.78 Å². The highest BCUT2D eigenvalue weighted by atomic mass is 127. The van der Waals surface area contributed by atoms with E-state index in [2.05, 4.69) is 0 Å². The van der Waals surface area contributed by atoms with Crippen LogP contribution in [0, 0.1) is 11.3 Å². The molecule has 2 aliphatic rings. The Hall–Kier alpha value is -0.760. The van der Waals surface area contributed by atoms with Crippen LogP contribution in [0.25, 0.3) is 0 Å². The Morgan fingerprint density at radius 1 is 1.31 bits per heavy atom. The molecule has 0 aliphatic heterocycles. The molecule has 2 rings (SSSR count). The van der Waals surface area contributed by atoms with Gasteiger partial charge in [0.05, 0.1) is 37.7 Å². The highest BCUT2D eigenvalue weighted by Crippen LogP contribution is 2.34. The molecule has 16 heavy (non-hydrogen) atoms. The van der Waals surface area contributed by atoms with Crippen molar-refractivity contribution in [1.29, 1.82) is 5.41 Å². The van der Waals surface area contributed by atoms with E-state index < -0.39 is 12.9 Å². The van der Waals surface area contributed by atoms with Crippen LogP contribution in [0.4, 0.5) is 0 Å². The van der Waals surface area contributed by atoms with Crippen LogP contribution in [0.15, 0.2) is 34.8 Å². The molecule has 0 radical (unpaired) electrons. The minimum atomic E-state index is -3.35. The lowest BCUT2D eigenvalue weighted by molar-refractivity contribution is -0.115. The first-order valence-corrected chi connectivity index (χ1v) is 8.60. The van der Waals surface area contributed by atoms with Crippen molar-refractivity contribution >= 4 is 39.7 Å². The van der Waals surface area contributed by atoms with Crippen molar-refractivity contribution in [2.24, 2.45) is 5.92 Å². The summed E-state index contributed by atoms with van der Waals surface area (Å²) in [4.78, 5) is 11.9. The summed E-state index contributed by atoms with van der Waals surface area (Å²) in [5.41, 5.74) is 0.451. The van der Waals surface area contributed by atoms with Gasteiger partial charge in [-0.2, -0.15) is 0 Å². The first kappa shape index (κ1) is 11.7. The molecule has 0 saturated carbocycles. The third-order valence-corrected chi connectivity index (χ3v) is 4.90. The van der Waals surface area contributed by atoms with Gasteiger partial charge in [-0.15, -0.1) is 0 Å². The minimum absolute atomic E-state index is 0.0609. The lowest BCUT2D eigenvalue weighted by Gasteiger charge is -2.23. The van der Waals surface area contributed by atoms with Gasteiger partial charge >= 0.3 is 0 Å². The zero-order valence-corrected chi connectivity index (χ0v) is 11.1. The fraction of sp³-hybridized carbons (Fsp3) is 0.200. The molecule has 84 valence electrons. The fourth-order valence-electron chi connectivity index (χ4n) is 1.82. The first-order valence-electron chi connectivity index (χ1n) is 4.57. The van der Waals surface area contributed by atoms with Gasteiger partial charge in [0, 0.05) is 0 Å². The second-order valence-corrected chi connectivity index (χ2v) is 8.35. The summed E-state index contributed by atoms with van der Waals surface area (Å²) in [5.74, 6) is -0.804. The number of fused-ring (bicyclic) bond motifs is 1. The molecule has 0 aromatic carbocycles. The zero-order chi connectivity index (χ0) is 11.9. The lowest BCUT2D eigenvalue weighted by Crippen LogP contribution is -2.28. The van der Waals surface area contributed by atoms with Gasteiger partial charge in [-0.3, -0.25) is 10.2 Å². The van der Waals surface area contributed by atoms with Crippen LogP contribution in [0.3, 0.4) is 0 Å². The molecule has 0 spiro atoms. The molecule has 1 N–H and O–H groups in total. The predicted octanol–water partition coefficient (Wildman–Crippen LogP) is 1.74. The summed E-state index contributed by atoms with van der Waals surface area (Å²) >= 11 is 1.36. The molecule has 6 heteroatoms. The Morgan fingerprint density at radius 2 is 2.00 bits per heavy atom. The number of carbonyl (C=O) groups is 1. The first-order chi connectivity index (χ1) is 7.41. The maximum absolute atomic E-state index is 11.7. The van der Waals surface area contributed by atoms with Crippen molar-refractivity contribution in [3.8, 4) is 0 Å². The summed E-state index contributed by atoms with van der Waals surface area (Å²) in [5, 5.41) is 7.41.